The second-order valence-corrected chi connectivity index (χ2v) is 4.55. The van der Waals surface area contributed by atoms with Crippen molar-refractivity contribution in [3.8, 4) is 0 Å². The van der Waals surface area contributed by atoms with E-state index >= 15 is 0 Å². The Hall–Kier alpha value is -1.82. The van der Waals surface area contributed by atoms with E-state index in [1.165, 1.54) is 0 Å². The fourth-order valence-electron chi connectivity index (χ4n) is 1.80. The summed E-state index contributed by atoms with van der Waals surface area (Å²) in [5.41, 5.74) is 7.08. The summed E-state index contributed by atoms with van der Waals surface area (Å²) >= 11 is 0. The van der Waals surface area contributed by atoms with Crippen LogP contribution < -0.4 is 10.6 Å². The highest BCUT2D eigenvalue weighted by molar-refractivity contribution is 5.97. The van der Waals surface area contributed by atoms with Gasteiger partial charge in [-0.1, -0.05) is 5.16 Å². The lowest BCUT2D eigenvalue weighted by atomic mass is 10.2. The van der Waals surface area contributed by atoms with Crippen molar-refractivity contribution >= 4 is 11.7 Å². The number of hydrogen-bond donors (Lipinski definition) is 3. The molecule has 19 heavy (non-hydrogen) atoms. The Kier molecular flexibility index (Phi) is 6.08. The number of rotatable bonds is 7. The predicted octanol–water partition coefficient (Wildman–Crippen LogP) is 1.08. The highest BCUT2D eigenvalue weighted by Gasteiger charge is 2.07. The van der Waals surface area contributed by atoms with Crippen molar-refractivity contribution in [3.63, 3.8) is 0 Å². The van der Waals surface area contributed by atoms with Crippen molar-refractivity contribution in [2.45, 2.75) is 26.2 Å². The van der Waals surface area contributed by atoms with Crippen LogP contribution in [-0.2, 0) is 0 Å². The van der Waals surface area contributed by atoms with Gasteiger partial charge in [-0.2, -0.15) is 0 Å². The first-order chi connectivity index (χ1) is 9.08. The van der Waals surface area contributed by atoms with E-state index in [0.717, 1.165) is 37.3 Å². The zero-order chi connectivity index (χ0) is 14.3. The number of aromatic nitrogens is 1. The molecule has 0 aromatic carbocycles. The number of anilines is 1. The lowest BCUT2D eigenvalue weighted by Crippen LogP contribution is -2.21. The van der Waals surface area contributed by atoms with Crippen molar-refractivity contribution in [2.75, 3.05) is 25.1 Å². The molecule has 0 bridgehead atoms. The van der Waals surface area contributed by atoms with Crippen LogP contribution in [0.3, 0.4) is 0 Å². The molecule has 0 fully saturated rings. The molecule has 1 aromatic rings. The van der Waals surface area contributed by atoms with Crippen molar-refractivity contribution in [2.24, 2.45) is 10.9 Å². The third-order valence-corrected chi connectivity index (χ3v) is 2.89. The van der Waals surface area contributed by atoms with Crippen LogP contribution in [0.1, 0.15) is 30.5 Å². The largest absolute Gasteiger partial charge is 0.409 e. The lowest BCUT2D eigenvalue weighted by Gasteiger charge is -2.19. The van der Waals surface area contributed by atoms with Gasteiger partial charge in [-0.05, 0) is 38.3 Å². The summed E-state index contributed by atoms with van der Waals surface area (Å²) in [6, 6.07) is 3.58. The molecule has 0 unspecified atom stereocenters. The van der Waals surface area contributed by atoms with Crippen LogP contribution in [0.4, 0.5) is 5.82 Å². The number of hydrogen-bond acceptors (Lipinski definition) is 5. The summed E-state index contributed by atoms with van der Waals surface area (Å²) in [7, 11) is 1.96. The second kappa shape index (κ2) is 7.58. The number of aliphatic hydroxyl groups excluding tert-OH is 1. The standard InChI is InChI=1S/C13H22N4O2/c1-10-8-11(13(14)16-19)9-12(15-10)17(2)6-4-3-5-7-18/h8-9,18-19H,3-7H2,1-2H3,(H2,14,16). The van der Waals surface area contributed by atoms with Crippen LogP contribution in [0.25, 0.3) is 0 Å². The topological polar surface area (TPSA) is 95.0 Å². The summed E-state index contributed by atoms with van der Waals surface area (Å²) in [5, 5.41) is 20.5. The molecule has 0 aliphatic carbocycles. The van der Waals surface area contributed by atoms with Crippen LogP contribution in [0.15, 0.2) is 17.3 Å². The van der Waals surface area contributed by atoms with Gasteiger partial charge in [0.2, 0.25) is 0 Å². The van der Waals surface area contributed by atoms with Gasteiger partial charge in [0.25, 0.3) is 0 Å². The predicted molar refractivity (Wildman–Crippen MR) is 75.7 cm³/mol. The summed E-state index contributed by atoms with van der Waals surface area (Å²) in [5.74, 6) is 0.881. The average Bonchev–Trinajstić information content (AvgIpc) is 2.41. The van der Waals surface area contributed by atoms with E-state index in [4.69, 9.17) is 16.0 Å². The van der Waals surface area contributed by atoms with E-state index in [1.807, 2.05) is 18.9 Å². The molecule has 106 valence electrons. The van der Waals surface area contributed by atoms with Crippen molar-refractivity contribution < 1.29 is 10.3 Å². The highest BCUT2D eigenvalue weighted by atomic mass is 16.4. The molecule has 0 aliphatic heterocycles. The van der Waals surface area contributed by atoms with E-state index in [1.54, 1.807) is 12.1 Å². The molecule has 4 N–H and O–H groups in total. The Balaban J connectivity index is 2.74. The first-order valence-corrected chi connectivity index (χ1v) is 6.37. The first kappa shape index (κ1) is 15.2. The molecule has 0 atom stereocenters. The molecular formula is C13H22N4O2. The van der Waals surface area contributed by atoms with Gasteiger partial charge < -0.3 is 20.9 Å². The monoisotopic (exact) mass is 266 g/mol. The van der Waals surface area contributed by atoms with E-state index in [0.29, 0.717) is 5.56 Å². The minimum atomic E-state index is 0.0837. The maximum atomic E-state index is 8.73. The number of pyridine rings is 1. The number of amidine groups is 1. The quantitative estimate of drug-likeness (QED) is 0.226. The molecule has 0 spiro atoms. The van der Waals surface area contributed by atoms with Crippen LogP contribution in [0, 0.1) is 6.92 Å². The molecule has 6 heteroatoms. The van der Waals surface area contributed by atoms with E-state index in [2.05, 4.69) is 10.1 Å². The van der Waals surface area contributed by atoms with Crippen LogP contribution in [0.2, 0.25) is 0 Å². The van der Waals surface area contributed by atoms with Gasteiger partial charge >= 0.3 is 0 Å². The van der Waals surface area contributed by atoms with Gasteiger partial charge in [-0.25, -0.2) is 4.98 Å². The maximum absolute atomic E-state index is 8.73. The molecular weight excluding hydrogens is 244 g/mol. The van der Waals surface area contributed by atoms with Gasteiger partial charge in [0.05, 0.1) is 0 Å². The Morgan fingerprint density at radius 2 is 2.11 bits per heavy atom. The zero-order valence-corrected chi connectivity index (χ0v) is 11.5. The Morgan fingerprint density at radius 1 is 1.37 bits per heavy atom. The average molecular weight is 266 g/mol. The van der Waals surface area contributed by atoms with Crippen molar-refractivity contribution in [1.29, 1.82) is 0 Å². The first-order valence-electron chi connectivity index (χ1n) is 6.37. The minimum Gasteiger partial charge on any atom is -0.409 e. The molecule has 0 amide bonds. The summed E-state index contributed by atoms with van der Waals surface area (Å²) < 4.78 is 0. The van der Waals surface area contributed by atoms with Crippen LogP contribution >= 0.6 is 0 Å². The summed E-state index contributed by atoms with van der Waals surface area (Å²) in [4.78, 5) is 6.46. The normalized spacial score (nSPS) is 11.6. The number of oxime groups is 1. The van der Waals surface area contributed by atoms with E-state index in [9.17, 15) is 0 Å². The molecule has 0 radical (unpaired) electrons. The van der Waals surface area contributed by atoms with Gasteiger partial charge in [0.15, 0.2) is 5.84 Å². The molecule has 1 aromatic heterocycles. The summed E-state index contributed by atoms with van der Waals surface area (Å²) in [6.07, 6.45) is 2.80. The fraction of sp³-hybridized carbons (Fsp3) is 0.538. The number of unbranched alkanes of at least 4 members (excludes halogenated alkanes) is 2. The SMILES string of the molecule is Cc1cc(/C(N)=N/O)cc(N(C)CCCCCO)n1. The smallest absolute Gasteiger partial charge is 0.170 e. The van der Waals surface area contributed by atoms with E-state index in [-0.39, 0.29) is 12.4 Å². The summed E-state index contributed by atoms with van der Waals surface area (Å²) in [6.45, 7) is 2.96. The van der Waals surface area contributed by atoms with Gasteiger partial charge in [0.1, 0.15) is 5.82 Å². The second-order valence-electron chi connectivity index (χ2n) is 4.55. The Labute approximate surface area is 113 Å². The van der Waals surface area contributed by atoms with Gasteiger partial charge in [-0.3, -0.25) is 0 Å². The molecule has 6 nitrogen and oxygen atoms in total. The number of nitrogens with zero attached hydrogens (tertiary/aromatic N) is 3. The number of aliphatic hydroxyl groups is 1. The lowest BCUT2D eigenvalue weighted by molar-refractivity contribution is 0.283. The molecule has 0 saturated heterocycles. The third-order valence-electron chi connectivity index (χ3n) is 2.89. The number of nitrogens with two attached hydrogens (primary N) is 1. The molecule has 0 saturated carbocycles. The fourth-order valence-corrected chi connectivity index (χ4v) is 1.80. The Morgan fingerprint density at radius 3 is 2.74 bits per heavy atom. The van der Waals surface area contributed by atoms with Crippen LogP contribution in [0.5, 0.6) is 0 Å². The third kappa shape index (κ3) is 4.75. The highest BCUT2D eigenvalue weighted by Crippen LogP contribution is 2.14. The van der Waals surface area contributed by atoms with Crippen LogP contribution in [-0.4, -0.2) is 41.3 Å². The Bertz CT molecular complexity index is 435. The number of aryl methyl sites for hydroxylation is 1. The minimum absolute atomic E-state index is 0.0837. The van der Waals surface area contributed by atoms with E-state index < -0.39 is 0 Å². The molecule has 1 heterocycles. The van der Waals surface area contributed by atoms with Gasteiger partial charge in [-0.15, -0.1) is 0 Å². The van der Waals surface area contributed by atoms with Crippen molar-refractivity contribution in [3.05, 3.63) is 23.4 Å². The molecule has 0 aliphatic rings. The molecule has 1 rings (SSSR count). The zero-order valence-electron chi connectivity index (χ0n) is 11.5. The van der Waals surface area contributed by atoms with Gasteiger partial charge in [0, 0.05) is 31.5 Å². The maximum Gasteiger partial charge on any atom is 0.170 e. The van der Waals surface area contributed by atoms with Crippen molar-refractivity contribution in [1.82, 2.24) is 4.98 Å².